The monoisotopic (exact) mass is 224 g/mol. The third-order valence-corrected chi connectivity index (χ3v) is 3.47. The number of carbonyl (C=O) groups is 2. The molecule has 0 aromatic heterocycles. The highest BCUT2D eigenvalue weighted by Gasteiger charge is 2.33. The Balaban J connectivity index is 2.34. The van der Waals surface area contributed by atoms with Crippen LogP contribution in [0.5, 0.6) is 0 Å². The molecule has 0 radical (unpaired) electrons. The van der Waals surface area contributed by atoms with E-state index in [4.69, 9.17) is 0 Å². The molecule has 0 bridgehead atoms. The summed E-state index contributed by atoms with van der Waals surface area (Å²) in [5.74, 6) is -0.437. The van der Waals surface area contributed by atoms with Crippen LogP contribution in [-0.2, 0) is 4.79 Å². The number of benzene rings is 1. The van der Waals surface area contributed by atoms with Crippen molar-refractivity contribution in [2.75, 3.05) is 0 Å². The van der Waals surface area contributed by atoms with Gasteiger partial charge in [0.05, 0.1) is 0 Å². The Morgan fingerprint density at radius 1 is 1.06 bits per heavy atom. The fourth-order valence-corrected chi connectivity index (χ4v) is 2.63. The molecule has 0 N–H and O–H groups in total. The Kier molecular flexibility index (Phi) is 2.11. The highest BCUT2D eigenvalue weighted by Crippen LogP contribution is 2.38. The lowest BCUT2D eigenvalue weighted by Crippen LogP contribution is -2.26. The summed E-state index contributed by atoms with van der Waals surface area (Å²) in [6.45, 7) is 2.10. The molecule has 1 atom stereocenters. The van der Waals surface area contributed by atoms with Crippen LogP contribution in [0.1, 0.15) is 29.3 Å². The Morgan fingerprint density at radius 2 is 1.76 bits per heavy atom. The smallest absolute Gasteiger partial charge is 0.234 e. The number of fused-ring (bicyclic) bond motifs is 2. The number of hydrogen-bond donors (Lipinski definition) is 0. The SMILES string of the molecule is CC1CC=CC2=C1c1ccccc1C(=O)C2=O. The van der Waals surface area contributed by atoms with E-state index in [1.807, 2.05) is 18.2 Å². The summed E-state index contributed by atoms with van der Waals surface area (Å²) in [5.41, 5.74) is 3.11. The number of hydrogen-bond acceptors (Lipinski definition) is 2. The second-order valence-corrected chi connectivity index (χ2v) is 4.57. The molecule has 17 heavy (non-hydrogen) atoms. The molecule has 1 aromatic carbocycles. The van der Waals surface area contributed by atoms with E-state index >= 15 is 0 Å². The number of allylic oxidation sites excluding steroid dienone is 4. The highest BCUT2D eigenvalue weighted by atomic mass is 16.2. The summed E-state index contributed by atoms with van der Waals surface area (Å²) in [7, 11) is 0. The quantitative estimate of drug-likeness (QED) is 0.635. The summed E-state index contributed by atoms with van der Waals surface area (Å²) in [4.78, 5) is 24.0. The maximum atomic E-state index is 12.0. The Bertz CT molecular complexity index is 591. The molecule has 0 fully saturated rings. The molecule has 2 heteroatoms. The van der Waals surface area contributed by atoms with Gasteiger partial charge in [-0.05, 0) is 23.5 Å². The lowest BCUT2D eigenvalue weighted by molar-refractivity contribution is -0.111. The first-order chi connectivity index (χ1) is 8.20. The van der Waals surface area contributed by atoms with Crippen molar-refractivity contribution >= 4 is 17.1 Å². The Morgan fingerprint density at radius 3 is 2.53 bits per heavy atom. The Labute approximate surface area is 99.6 Å². The van der Waals surface area contributed by atoms with Crippen LogP contribution < -0.4 is 0 Å². The zero-order valence-corrected chi connectivity index (χ0v) is 9.57. The van der Waals surface area contributed by atoms with Gasteiger partial charge in [-0.15, -0.1) is 0 Å². The van der Waals surface area contributed by atoms with Gasteiger partial charge in [-0.2, -0.15) is 0 Å². The topological polar surface area (TPSA) is 34.1 Å². The van der Waals surface area contributed by atoms with E-state index in [1.165, 1.54) is 0 Å². The average Bonchev–Trinajstić information content (AvgIpc) is 2.36. The molecule has 0 heterocycles. The van der Waals surface area contributed by atoms with E-state index in [0.29, 0.717) is 17.1 Å². The van der Waals surface area contributed by atoms with E-state index in [-0.39, 0.29) is 11.6 Å². The van der Waals surface area contributed by atoms with Gasteiger partial charge in [-0.25, -0.2) is 0 Å². The molecule has 84 valence electrons. The third-order valence-electron chi connectivity index (χ3n) is 3.47. The summed E-state index contributed by atoms with van der Waals surface area (Å²) in [6, 6.07) is 7.39. The highest BCUT2D eigenvalue weighted by molar-refractivity contribution is 6.53. The third kappa shape index (κ3) is 1.34. The molecule has 0 saturated carbocycles. The maximum absolute atomic E-state index is 12.0. The zero-order chi connectivity index (χ0) is 12.0. The van der Waals surface area contributed by atoms with Crippen molar-refractivity contribution in [1.82, 2.24) is 0 Å². The maximum Gasteiger partial charge on any atom is 0.234 e. The van der Waals surface area contributed by atoms with Crippen molar-refractivity contribution in [2.24, 2.45) is 5.92 Å². The molecule has 1 unspecified atom stereocenters. The van der Waals surface area contributed by atoms with Crippen LogP contribution in [0.25, 0.3) is 5.57 Å². The molecular weight excluding hydrogens is 212 g/mol. The predicted octanol–water partition coefficient (Wildman–Crippen LogP) is 2.80. The van der Waals surface area contributed by atoms with Crippen LogP contribution in [0.15, 0.2) is 42.0 Å². The van der Waals surface area contributed by atoms with Crippen LogP contribution in [0.2, 0.25) is 0 Å². The fraction of sp³-hybridized carbons (Fsp3) is 0.200. The summed E-state index contributed by atoms with van der Waals surface area (Å²) >= 11 is 0. The van der Waals surface area contributed by atoms with Gasteiger partial charge in [-0.3, -0.25) is 9.59 Å². The largest absolute Gasteiger partial charge is 0.285 e. The van der Waals surface area contributed by atoms with Gasteiger partial charge in [0.15, 0.2) is 0 Å². The van der Waals surface area contributed by atoms with Crippen LogP contribution in [0.3, 0.4) is 0 Å². The van der Waals surface area contributed by atoms with E-state index in [0.717, 1.165) is 17.6 Å². The first-order valence-corrected chi connectivity index (χ1v) is 5.79. The van der Waals surface area contributed by atoms with Gasteiger partial charge >= 0.3 is 0 Å². The van der Waals surface area contributed by atoms with Crippen molar-refractivity contribution in [3.63, 3.8) is 0 Å². The second-order valence-electron chi connectivity index (χ2n) is 4.57. The standard InChI is InChI=1S/C15H12O2/c1-9-5-4-8-12-13(9)10-6-2-3-7-11(10)14(16)15(12)17/h2-4,6-9H,5H2,1H3. The van der Waals surface area contributed by atoms with Gasteiger partial charge in [0.2, 0.25) is 11.6 Å². The first-order valence-electron chi connectivity index (χ1n) is 5.79. The number of Topliss-reactive ketones (excluding diaryl/α,β-unsaturated/α-hetero) is 2. The van der Waals surface area contributed by atoms with Gasteiger partial charge < -0.3 is 0 Å². The molecule has 0 aliphatic heterocycles. The number of ketones is 2. The average molecular weight is 224 g/mol. The van der Waals surface area contributed by atoms with E-state index < -0.39 is 0 Å². The summed E-state index contributed by atoms with van der Waals surface area (Å²) < 4.78 is 0. The molecule has 0 saturated heterocycles. The van der Waals surface area contributed by atoms with Crippen molar-refractivity contribution in [2.45, 2.75) is 13.3 Å². The lowest BCUT2D eigenvalue weighted by Gasteiger charge is -2.26. The predicted molar refractivity (Wildman–Crippen MR) is 65.6 cm³/mol. The van der Waals surface area contributed by atoms with Gasteiger partial charge in [0.1, 0.15) is 0 Å². The molecule has 1 aromatic rings. The fourth-order valence-electron chi connectivity index (χ4n) is 2.63. The molecule has 2 nitrogen and oxygen atoms in total. The van der Waals surface area contributed by atoms with Gasteiger partial charge in [0, 0.05) is 11.1 Å². The lowest BCUT2D eigenvalue weighted by atomic mass is 9.75. The molecule has 2 aliphatic rings. The minimum atomic E-state index is -0.377. The molecule has 0 spiro atoms. The minimum Gasteiger partial charge on any atom is -0.285 e. The van der Waals surface area contributed by atoms with Crippen LogP contribution in [-0.4, -0.2) is 11.6 Å². The molecular formula is C15H12O2. The van der Waals surface area contributed by atoms with Crippen molar-refractivity contribution in [3.8, 4) is 0 Å². The van der Waals surface area contributed by atoms with Crippen LogP contribution >= 0.6 is 0 Å². The summed E-state index contributed by atoms with van der Waals surface area (Å²) in [6.07, 6.45) is 4.70. The summed E-state index contributed by atoms with van der Waals surface area (Å²) in [5, 5.41) is 0. The molecule has 2 aliphatic carbocycles. The van der Waals surface area contributed by atoms with E-state index in [1.54, 1.807) is 18.2 Å². The van der Waals surface area contributed by atoms with Gasteiger partial charge in [-0.1, -0.05) is 43.3 Å². The van der Waals surface area contributed by atoms with Crippen molar-refractivity contribution in [3.05, 3.63) is 53.1 Å². The normalized spacial score (nSPS) is 22.5. The van der Waals surface area contributed by atoms with Crippen LogP contribution in [0, 0.1) is 5.92 Å². The van der Waals surface area contributed by atoms with Crippen molar-refractivity contribution in [1.29, 1.82) is 0 Å². The van der Waals surface area contributed by atoms with Crippen LogP contribution in [0.4, 0.5) is 0 Å². The van der Waals surface area contributed by atoms with Crippen molar-refractivity contribution < 1.29 is 9.59 Å². The second kappa shape index (κ2) is 3.52. The number of rotatable bonds is 0. The van der Waals surface area contributed by atoms with E-state index in [2.05, 4.69) is 6.92 Å². The molecule has 3 rings (SSSR count). The first kappa shape index (κ1) is 10.2. The zero-order valence-electron chi connectivity index (χ0n) is 9.57. The minimum absolute atomic E-state index is 0.299. The molecule has 0 amide bonds. The van der Waals surface area contributed by atoms with E-state index in [9.17, 15) is 9.59 Å². The number of carbonyl (C=O) groups excluding carboxylic acids is 2. The van der Waals surface area contributed by atoms with Gasteiger partial charge in [0.25, 0.3) is 0 Å². The Hall–Kier alpha value is -1.96.